The van der Waals surface area contributed by atoms with Gasteiger partial charge in [0.1, 0.15) is 6.10 Å². The first-order valence-corrected chi connectivity index (χ1v) is 14.1. The number of hydrogen-bond acceptors (Lipinski definition) is 3. The highest BCUT2D eigenvalue weighted by molar-refractivity contribution is 5.77. The highest BCUT2D eigenvalue weighted by Gasteiger charge is 2.60. The van der Waals surface area contributed by atoms with E-state index in [1.54, 1.807) is 0 Å². The van der Waals surface area contributed by atoms with Crippen molar-refractivity contribution in [2.45, 2.75) is 130 Å². The first kappa shape index (κ1) is 24.6. The number of carbonyl (C=O) groups is 1. The third kappa shape index (κ3) is 4.41. The zero-order valence-corrected chi connectivity index (χ0v) is 21.6. The number of aliphatic hydroxyl groups excluding tert-OH is 1. The zero-order chi connectivity index (χ0) is 23.1. The molecule has 0 heterocycles. The normalized spacial score (nSPS) is 46.9. The van der Waals surface area contributed by atoms with Gasteiger partial charge in [-0.25, -0.2) is 0 Å². The predicted octanol–water partition coefficient (Wildman–Crippen LogP) is 7.15. The number of esters is 1. The van der Waals surface area contributed by atoms with Crippen LogP contribution in [0.25, 0.3) is 0 Å². The number of ether oxygens (including phenoxy) is 1. The van der Waals surface area contributed by atoms with Gasteiger partial charge in [-0.15, -0.1) is 0 Å². The molecule has 0 aromatic heterocycles. The molecular formula is C29H50O3. The summed E-state index contributed by atoms with van der Waals surface area (Å²) in [4.78, 5) is 13.8. The first-order valence-electron chi connectivity index (χ1n) is 14.1. The predicted molar refractivity (Wildman–Crippen MR) is 130 cm³/mol. The molecule has 0 aromatic rings. The second-order valence-electron chi connectivity index (χ2n) is 13.1. The minimum Gasteiger partial charge on any atom is -0.459 e. The van der Waals surface area contributed by atoms with Crippen LogP contribution in [0.4, 0.5) is 0 Å². The molecule has 32 heavy (non-hydrogen) atoms. The molecule has 9 unspecified atom stereocenters. The molecular weight excluding hydrogens is 396 g/mol. The standard InChI is InChI=1S/C29H50O3/c1-6-8-20-9-13-24(30)25(17-20)32-27(31)29(5)16-7-15-28(4)23-12-10-21(19(2)3)18-22(23)11-14-26(28)29/h19-26,30H,6-18H2,1-5H3. The molecule has 4 fully saturated rings. The van der Waals surface area contributed by atoms with Crippen molar-refractivity contribution in [3.8, 4) is 0 Å². The van der Waals surface area contributed by atoms with Crippen molar-refractivity contribution in [2.24, 2.45) is 46.3 Å². The van der Waals surface area contributed by atoms with Gasteiger partial charge in [0.25, 0.3) is 0 Å². The molecule has 9 atom stereocenters. The number of hydrogen-bond donors (Lipinski definition) is 1. The lowest BCUT2D eigenvalue weighted by atomic mass is 9.43. The summed E-state index contributed by atoms with van der Waals surface area (Å²) < 4.78 is 6.21. The minimum absolute atomic E-state index is 0.00365. The van der Waals surface area contributed by atoms with E-state index in [-0.39, 0.29) is 22.9 Å². The minimum atomic E-state index is -0.479. The molecule has 184 valence electrons. The molecule has 4 saturated carbocycles. The van der Waals surface area contributed by atoms with E-state index in [0.29, 0.717) is 11.8 Å². The highest BCUT2D eigenvalue weighted by atomic mass is 16.6. The van der Waals surface area contributed by atoms with Gasteiger partial charge in [0.15, 0.2) is 0 Å². The van der Waals surface area contributed by atoms with Crippen LogP contribution in [0.3, 0.4) is 0 Å². The lowest BCUT2D eigenvalue weighted by molar-refractivity contribution is -0.191. The second-order valence-corrected chi connectivity index (χ2v) is 13.1. The van der Waals surface area contributed by atoms with E-state index >= 15 is 0 Å². The maximum atomic E-state index is 13.8. The molecule has 1 N–H and O–H groups in total. The van der Waals surface area contributed by atoms with Gasteiger partial charge in [-0.2, -0.15) is 0 Å². The van der Waals surface area contributed by atoms with Crippen LogP contribution in [-0.2, 0) is 9.53 Å². The Kier molecular flexibility index (Phi) is 7.36. The number of aliphatic hydroxyl groups is 1. The van der Waals surface area contributed by atoms with Crippen LogP contribution in [0.2, 0.25) is 0 Å². The summed E-state index contributed by atoms with van der Waals surface area (Å²) >= 11 is 0. The average Bonchev–Trinajstić information content (AvgIpc) is 2.75. The van der Waals surface area contributed by atoms with E-state index in [2.05, 4.69) is 34.6 Å². The molecule has 4 rings (SSSR count). The van der Waals surface area contributed by atoms with Gasteiger partial charge in [0, 0.05) is 0 Å². The molecule has 0 radical (unpaired) electrons. The summed E-state index contributed by atoms with van der Waals surface area (Å²) in [7, 11) is 0. The average molecular weight is 447 g/mol. The van der Waals surface area contributed by atoms with Gasteiger partial charge < -0.3 is 9.84 Å². The van der Waals surface area contributed by atoms with Gasteiger partial charge in [0.05, 0.1) is 11.5 Å². The van der Waals surface area contributed by atoms with E-state index in [9.17, 15) is 9.90 Å². The van der Waals surface area contributed by atoms with E-state index < -0.39 is 6.10 Å². The molecule has 0 bridgehead atoms. The second kappa shape index (κ2) is 9.59. The van der Waals surface area contributed by atoms with Crippen molar-refractivity contribution in [1.82, 2.24) is 0 Å². The molecule has 0 aromatic carbocycles. The van der Waals surface area contributed by atoms with E-state index in [1.165, 1.54) is 51.4 Å². The number of fused-ring (bicyclic) bond motifs is 3. The Bertz CT molecular complexity index is 659. The van der Waals surface area contributed by atoms with Gasteiger partial charge in [0.2, 0.25) is 0 Å². The molecule has 3 nitrogen and oxygen atoms in total. The Balaban J connectivity index is 1.48. The Morgan fingerprint density at radius 1 is 1.03 bits per heavy atom. The van der Waals surface area contributed by atoms with E-state index in [0.717, 1.165) is 55.8 Å². The first-order chi connectivity index (χ1) is 15.2. The highest BCUT2D eigenvalue weighted by Crippen LogP contribution is 2.64. The zero-order valence-electron chi connectivity index (χ0n) is 21.6. The Morgan fingerprint density at radius 2 is 1.81 bits per heavy atom. The summed E-state index contributed by atoms with van der Waals surface area (Å²) in [6, 6.07) is 0. The van der Waals surface area contributed by atoms with Gasteiger partial charge >= 0.3 is 5.97 Å². The van der Waals surface area contributed by atoms with Crippen molar-refractivity contribution < 1.29 is 14.6 Å². The van der Waals surface area contributed by atoms with Crippen molar-refractivity contribution in [1.29, 1.82) is 0 Å². The summed E-state index contributed by atoms with van der Waals surface area (Å²) in [5, 5.41) is 10.6. The van der Waals surface area contributed by atoms with Crippen LogP contribution in [-0.4, -0.2) is 23.3 Å². The van der Waals surface area contributed by atoms with Crippen LogP contribution in [0, 0.1) is 46.3 Å². The smallest absolute Gasteiger partial charge is 0.312 e. The van der Waals surface area contributed by atoms with Crippen molar-refractivity contribution in [2.75, 3.05) is 0 Å². The van der Waals surface area contributed by atoms with Crippen molar-refractivity contribution in [3.05, 3.63) is 0 Å². The Morgan fingerprint density at radius 3 is 2.53 bits per heavy atom. The lowest BCUT2D eigenvalue weighted by Gasteiger charge is -2.61. The van der Waals surface area contributed by atoms with Crippen LogP contribution in [0.1, 0.15) is 118 Å². The van der Waals surface area contributed by atoms with Crippen molar-refractivity contribution >= 4 is 5.97 Å². The van der Waals surface area contributed by atoms with E-state index in [1.807, 2.05) is 0 Å². The van der Waals surface area contributed by atoms with Crippen molar-refractivity contribution in [3.63, 3.8) is 0 Å². The summed E-state index contributed by atoms with van der Waals surface area (Å²) in [5.74, 6) is 4.34. The maximum absolute atomic E-state index is 13.8. The lowest BCUT2D eigenvalue weighted by Crippen LogP contribution is -2.57. The summed E-state index contributed by atoms with van der Waals surface area (Å²) in [5.41, 5.74) is -0.114. The molecule has 0 spiro atoms. The fourth-order valence-corrected chi connectivity index (χ4v) is 8.99. The van der Waals surface area contributed by atoms with Gasteiger partial charge in [-0.1, -0.05) is 47.0 Å². The fraction of sp³-hybridized carbons (Fsp3) is 0.966. The fourth-order valence-electron chi connectivity index (χ4n) is 8.99. The topological polar surface area (TPSA) is 46.5 Å². The summed E-state index contributed by atoms with van der Waals surface area (Å²) in [6.45, 7) is 11.8. The van der Waals surface area contributed by atoms with Crippen LogP contribution in [0.15, 0.2) is 0 Å². The molecule has 0 amide bonds. The quantitative estimate of drug-likeness (QED) is 0.456. The maximum Gasteiger partial charge on any atom is 0.312 e. The third-order valence-electron chi connectivity index (χ3n) is 10.9. The molecule has 4 aliphatic carbocycles. The molecule has 0 aliphatic heterocycles. The largest absolute Gasteiger partial charge is 0.459 e. The monoisotopic (exact) mass is 446 g/mol. The Labute approximate surface area is 197 Å². The molecule has 0 saturated heterocycles. The molecule has 3 heteroatoms. The number of carbonyl (C=O) groups excluding carboxylic acids is 1. The molecule has 4 aliphatic rings. The summed E-state index contributed by atoms with van der Waals surface area (Å²) in [6.07, 6.45) is 14.2. The van der Waals surface area contributed by atoms with Gasteiger partial charge in [-0.3, -0.25) is 4.79 Å². The van der Waals surface area contributed by atoms with Gasteiger partial charge in [-0.05, 0) is 112 Å². The number of rotatable bonds is 5. The SMILES string of the molecule is CCCC1CCC(O)C(OC(=O)C2(C)CCCC3(C)C4CCC(C(C)C)CC4CCC23)C1. The van der Waals surface area contributed by atoms with Crippen LogP contribution in [0.5, 0.6) is 0 Å². The Hall–Kier alpha value is -0.570. The third-order valence-corrected chi connectivity index (χ3v) is 10.9. The van der Waals surface area contributed by atoms with E-state index in [4.69, 9.17) is 4.74 Å². The van der Waals surface area contributed by atoms with Crippen LogP contribution < -0.4 is 0 Å². The van der Waals surface area contributed by atoms with Crippen LogP contribution >= 0.6 is 0 Å².